The van der Waals surface area contributed by atoms with Crippen molar-refractivity contribution in [3.8, 4) is 0 Å². The first-order valence-electron chi connectivity index (χ1n) is 10.3. The number of methoxy groups -OCH3 is 1. The summed E-state index contributed by atoms with van der Waals surface area (Å²) >= 11 is 1.24. The number of carbonyl (C=O) groups excluding carboxylic acids is 1. The molecule has 0 fully saturated rings. The van der Waals surface area contributed by atoms with Crippen LogP contribution in [0.5, 0.6) is 0 Å². The Morgan fingerprint density at radius 3 is 2.41 bits per heavy atom. The summed E-state index contributed by atoms with van der Waals surface area (Å²) in [7, 11) is 1.32. The minimum atomic E-state index is -0.643. The summed E-state index contributed by atoms with van der Waals surface area (Å²) in [6.07, 6.45) is 1.71. The van der Waals surface area contributed by atoms with Crippen LogP contribution < -0.4 is 14.9 Å². The summed E-state index contributed by atoms with van der Waals surface area (Å²) in [4.78, 5) is 31.2. The molecule has 0 bridgehead atoms. The third kappa shape index (κ3) is 3.96. The van der Waals surface area contributed by atoms with E-state index in [9.17, 15) is 14.0 Å². The quantitative estimate of drug-likeness (QED) is 0.570. The van der Waals surface area contributed by atoms with Gasteiger partial charge in [-0.1, -0.05) is 61.6 Å². The topological polar surface area (TPSA) is 60.7 Å². The Hall–Kier alpha value is -3.32. The van der Waals surface area contributed by atoms with Crippen molar-refractivity contribution in [1.82, 2.24) is 4.57 Å². The van der Waals surface area contributed by atoms with Gasteiger partial charge in [0.25, 0.3) is 5.56 Å². The maximum absolute atomic E-state index is 13.4. The number of fused-ring (bicyclic) bond motifs is 1. The lowest BCUT2D eigenvalue weighted by Gasteiger charge is -2.24. The first-order chi connectivity index (χ1) is 15.3. The molecule has 164 valence electrons. The van der Waals surface area contributed by atoms with E-state index in [1.165, 1.54) is 30.6 Å². The number of rotatable bonds is 4. The molecule has 0 radical (unpaired) electrons. The predicted octanol–water partition coefficient (Wildman–Crippen LogP) is 3.67. The number of allylic oxidation sites excluding steroid dienone is 1. The summed E-state index contributed by atoms with van der Waals surface area (Å²) in [5.74, 6) is -0.497. The maximum atomic E-state index is 13.4. The fourth-order valence-electron chi connectivity index (χ4n) is 3.78. The van der Waals surface area contributed by atoms with Gasteiger partial charge in [0.2, 0.25) is 0 Å². The number of ether oxygens (including phenoxy) is 1. The second-order valence-electron chi connectivity index (χ2n) is 7.95. The number of hydrogen-bond acceptors (Lipinski definition) is 5. The van der Waals surface area contributed by atoms with Crippen LogP contribution in [0.1, 0.15) is 49.4 Å². The highest BCUT2D eigenvalue weighted by molar-refractivity contribution is 7.07. The Balaban J connectivity index is 1.93. The monoisotopic (exact) mass is 450 g/mol. The number of halogens is 1. The van der Waals surface area contributed by atoms with Crippen LogP contribution in [0.25, 0.3) is 6.08 Å². The highest BCUT2D eigenvalue weighted by Crippen LogP contribution is 2.31. The SMILES string of the molecule is COC(=O)C1=C(C)N=c2s/c(=C\c3ccc(F)cc3)c(=O)n2C1c1ccc(C(C)C)cc1. The standard InChI is InChI=1S/C25H23FN2O3S/c1-14(2)17-7-9-18(10-8-17)22-21(24(30)31-4)15(3)27-25-28(22)23(29)20(32-25)13-16-5-11-19(26)12-6-16/h5-14,22H,1-4H3/b20-13-. The second kappa shape index (κ2) is 8.67. The molecule has 1 atom stereocenters. The first-order valence-corrected chi connectivity index (χ1v) is 11.1. The molecule has 0 saturated carbocycles. The molecular weight excluding hydrogens is 427 g/mol. The molecule has 1 unspecified atom stereocenters. The average Bonchev–Trinajstić information content (AvgIpc) is 3.08. The van der Waals surface area contributed by atoms with E-state index in [0.717, 1.165) is 11.1 Å². The van der Waals surface area contributed by atoms with E-state index in [2.05, 4.69) is 18.8 Å². The van der Waals surface area contributed by atoms with E-state index in [1.807, 2.05) is 24.3 Å². The van der Waals surface area contributed by atoms with Crippen molar-refractivity contribution >= 4 is 23.4 Å². The normalized spacial score (nSPS) is 16.2. The van der Waals surface area contributed by atoms with Crippen LogP contribution in [0, 0.1) is 5.82 Å². The summed E-state index contributed by atoms with van der Waals surface area (Å²) in [6, 6.07) is 13.2. The smallest absolute Gasteiger partial charge is 0.338 e. The molecule has 32 heavy (non-hydrogen) atoms. The molecule has 3 aromatic rings. The van der Waals surface area contributed by atoms with Crippen LogP contribution in [0.2, 0.25) is 0 Å². The largest absolute Gasteiger partial charge is 0.466 e. The predicted molar refractivity (Wildman–Crippen MR) is 123 cm³/mol. The molecular formula is C25H23FN2O3S. The minimum absolute atomic E-state index is 0.259. The van der Waals surface area contributed by atoms with Gasteiger partial charge in [0.05, 0.1) is 29.0 Å². The van der Waals surface area contributed by atoms with Crippen LogP contribution in [-0.4, -0.2) is 17.6 Å². The van der Waals surface area contributed by atoms with Gasteiger partial charge in [-0.3, -0.25) is 9.36 Å². The Bertz CT molecular complexity index is 1380. The lowest BCUT2D eigenvalue weighted by Crippen LogP contribution is -2.39. The van der Waals surface area contributed by atoms with Gasteiger partial charge in [-0.15, -0.1) is 0 Å². The number of thiazole rings is 1. The van der Waals surface area contributed by atoms with Gasteiger partial charge >= 0.3 is 5.97 Å². The van der Waals surface area contributed by atoms with Crippen molar-refractivity contribution in [1.29, 1.82) is 0 Å². The number of benzene rings is 2. The molecule has 2 aromatic carbocycles. The van der Waals surface area contributed by atoms with E-state index >= 15 is 0 Å². The molecule has 0 aliphatic carbocycles. The highest BCUT2D eigenvalue weighted by atomic mass is 32.1. The van der Waals surface area contributed by atoms with E-state index in [0.29, 0.717) is 32.1 Å². The Labute approximate surface area is 188 Å². The third-order valence-corrected chi connectivity index (χ3v) is 6.50. The molecule has 0 amide bonds. The molecule has 4 rings (SSSR count). The third-order valence-electron chi connectivity index (χ3n) is 5.51. The molecule has 0 N–H and O–H groups in total. The van der Waals surface area contributed by atoms with Gasteiger partial charge in [0.15, 0.2) is 4.80 Å². The van der Waals surface area contributed by atoms with Crippen molar-refractivity contribution in [2.75, 3.05) is 7.11 Å². The molecule has 2 heterocycles. The number of nitrogens with zero attached hydrogens (tertiary/aromatic N) is 2. The van der Waals surface area contributed by atoms with Crippen LogP contribution in [-0.2, 0) is 9.53 Å². The Morgan fingerprint density at radius 2 is 1.81 bits per heavy atom. The molecule has 1 aliphatic heterocycles. The van der Waals surface area contributed by atoms with E-state index in [-0.39, 0.29) is 11.4 Å². The number of esters is 1. The Kier molecular flexibility index (Phi) is 5.93. The molecule has 0 spiro atoms. The van der Waals surface area contributed by atoms with Crippen LogP contribution >= 0.6 is 11.3 Å². The number of hydrogen-bond donors (Lipinski definition) is 0. The molecule has 1 aromatic heterocycles. The zero-order valence-electron chi connectivity index (χ0n) is 18.3. The number of carbonyl (C=O) groups is 1. The van der Waals surface area contributed by atoms with Crippen LogP contribution in [0.4, 0.5) is 4.39 Å². The fraction of sp³-hybridized carbons (Fsp3) is 0.240. The average molecular weight is 451 g/mol. The van der Waals surface area contributed by atoms with Crippen molar-refractivity contribution in [2.24, 2.45) is 4.99 Å². The molecule has 0 saturated heterocycles. The summed E-state index contributed by atoms with van der Waals surface area (Å²) in [5.41, 5.74) is 3.27. The van der Waals surface area contributed by atoms with E-state index < -0.39 is 12.0 Å². The van der Waals surface area contributed by atoms with Crippen LogP contribution in [0.3, 0.4) is 0 Å². The molecule has 7 heteroatoms. The number of aromatic nitrogens is 1. The zero-order chi connectivity index (χ0) is 23.0. The van der Waals surface area contributed by atoms with Gasteiger partial charge in [0.1, 0.15) is 5.82 Å². The summed E-state index contributed by atoms with van der Waals surface area (Å²) < 4.78 is 20.3. The molecule has 5 nitrogen and oxygen atoms in total. The van der Waals surface area contributed by atoms with Gasteiger partial charge < -0.3 is 4.74 Å². The van der Waals surface area contributed by atoms with Crippen molar-refractivity contribution < 1.29 is 13.9 Å². The highest BCUT2D eigenvalue weighted by Gasteiger charge is 2.33. The van der Waals surface area contributed by atoms with E-state index in [1.54, 1.807) is 29.7 Å². The summed E-state index contributed by atoms with van der Waals surface area (Å²) in [5, 5.41) is 0. The lowest BCUT2D eigenvalue weighted by molar-refractivity contribution is -0.136. The van der Waals surface area contributed by atoms with Gasteiger partial charge in [-0.05, 0) is 47.7 Å². The maximum Gasteiger partial charge on any atom is 0.338 e. The fourth-order valence-corrected chi connectivity index (χ4v) is 4.83. The second-order valence-corrected chi connectivity index (χ2v) is 8.96. The lowest BCUT2D eigenvalue weighted by atomic mass is 9.93. The van der Waals surface area contributed by atoms with Crippen molar-refractivity contribution in [3.05, 3.63) is 102 Å². The van der Waals surface area contributed by atoms with Crippen LogP contribution in [0.15, 0.2) is 69.6 Å². The molecule has 1 aliphatic rings. The van der Waals surface area contributed by atoms with Crippen molar-refractivity contribution in [3.63, 3.8) is 0 Å². The van der Waals surface area contributed by atoms with Gasteiger partial charge in [0, 0.05) is 0 Å². The van der Waals surface area contributed by atoms with Gasteiger partial charge in [-0.25, -0.2) is 14.2 Å². The Morgan fingerprint density at radius 1 is 1.16 bits per heavy atom. The first kappa shape index (κ1) is 21.9. The zero-order valence-corrected chi connectivity index (χ0v) is 19.1. The van der Waals surface area contributed by atoms with Crippen molar-refractivity contribution in [2.45, 2.75) is 32.7 Å². The summed E-state index contributed by atoms with van der Waals surface area (Å²) in [6.45, 7) is 5.97. The van der Waals surface area contributed by atoms with E-state index in [4.69, 9.17) is 4.74 Å². The minimum Gasteiger partial charge on any atom is -0.466 e. The van der Waals surface area contributed by atoms with Gasteiger partial charge in [-0.2, -0.15) is 0 Å².